The summed E-state index contributed by atoms with van der Waals surface area (Å²) in [6.07, 6.45) is 10.5. The number of aliphatic hydroxyl groups is 2. The van der Waals surface area contributed by atoms with Crippen molar-refractivity contribution in [1.82, 2.24) is 0 Å². The number of aliphatic hydroxyl groups excluding tert-OH is 2. The van der Waals surface area contributed by atoms with Crippen molar-refractivity contribution in [3.63, 3.8) is 0 Å². The van der Waals surface area contributed by atoms with Crippen molar-refractivity contribution in [2.45, 2.75) is 126 Å². The molecule has 8 heteroatoms. The van der Waals surface area contributed by atoms with E-state index in [4.69, 9.17) is 9.98 Å². The number of fused-ring (bicyclic) bond motifs is 12. The normalized spacial score (nSPS) is 30.0. The quantitative estimate of drug-likeness (QED) is 0.133. The van der Waals surface area contributed by atoms with Gasteiger partial charge in [0.15, 0.2) is 0 Å². The molecule has 6 aliphatic carbocycles. The Morgan fingerprint density at radius 1 is 0.419 bits per heavy atom. The Morgan fingerprint density at radius 3 is 1.19 bits per heavy atom. The average Bonchev–Trinajstić information content (AvgIpc) is 4.11. The SMILES string of the molecule is CC12CCCC(=C3C(=O)C(C4=C5Nc6ccc(-c7ccc(-c8ccc9c(c8)C8(C)CCCC(C%10=C(O)C(=C%11CCCC%12(C)C%11=Nc%11ccccc%11%12)C%10=O)=C8N9)cc7)cc6C5(C)CCC4)=C3O)C1=Nc1ccccc12. The van der Waals surface area contributed by atoms with Crippen LogP contribution in [0.3, 0.4) is 0 Å². The predicted octanol–water partition coefficient (Wildman–Crippen LogP) is 15.1. The fraction of sp³-hybridized carbons (Fsp3) is 0.303. The van der Waals surface area contributed by atoms with E-state index >= 15 is 0 Å². The number of Topliss-reactive ketones (excluding diaryl/α,β-unsaturated/α-hetero) is 2. The molecule has 0 bridgehead atoms. The zero-order chi connectivity index (χ0) is 50.2. The molecule has 4 N–H and O–H groups in total. The summed E-state index contributed by atoms with van der Waals surface area (Å²) < 4.78 is 0. The number of carbonyl (C=O) groups excluding carboxylic acids is 2. The van der Waals surface area contributed by atoms with Crippen molar-refractivity contribution in [2.24, 2.45) is 9.98 Å². The zero-order valence-corrected chi connectivity index (χ0v) is 42.5. The Bertz CT molecular complexity index is 3550. The van der Waals surface area contributed by atoms with Crippen LogP contribution < -0.4 is 10.6 Å². The van der Waals surface area contributed by atoms with Crippen molar-refractivity contribution in [3.8, 4) is 22.3 Å². The van der Waals surface area contributed by atoms with Gasteiger partial charge < -0.3 is 20.8 Å². The fourth-order valence-corrected chi connectivity index (χ4v) is 15.6. The van der Waals surface area contributed by atoms with Crippen LogP contribution in [0.25, 0.3) is 22.3 Å². The molecular formula is C66H58N4O4. The summed E-state index contributed by atoms with van der Waals surface area (Å²) in [6.45, 7) is 9.06. The summed E-state index contributed by atoms with van der Waals surface area (Å²) in [5, 5.41) is 31.3. The van der Waals surface area contributed by atoms with Gasteiger partial charge in [0.05, 0.1) is 45.1 Å². The number of benzene rings is 5. The first-order valence-corrected chi connectivity index (χ1v) is 27.0. The molecule has 0 aromatic heterocycles. The smallest absolute Gasteiger partial charge is 0.201 e. The second kappa shape index (κ2) is 15.0. The number of allylic oxidation sites excluding steroid dienone is 10. The first kappa shape index (κ1) is 44.0. The lowest BCUT2D eigenvalue weighted by atomic mass is 9.64. The molecule has 4 heterocycles. The third-order valence-corrected chi connectivity index (χ3v) is 19.6. The number of aliphatic imine (C=N–C) groups is 2. The summed E-state index contributed by atoms with van der Waals surface area (Å²) >= 11 is 0. The van der Waals surface area contributed by atoms with Crippen LogP contribution in [0.15, 0.2) is 187 Å². The summed E-state index contributed by atoms with van der Waals surface area (Å²) in [6, 6.07) is 38.8. The second-order valence-corrected chi connectivity index (χ2v) is 23.6. The number of nitrogens with one attached hydrogen (secondary N) is 2. The summed E-state index contributed by atoms with van der Waals surface area (Å²) in [4.78, 5) is 38.9. The van der Waals surface area contributed by atoms with Crippen molar-refractivity contribution in [2.75, 3.05) is 10.6 Å². The van der Waals surface area contributed by atoms with Gasteiger partial charge in [-0.15, -0.1) is 0 Å². The van der Waals surface area contributed by atoms with Crippen LogP contribution in [0.4, 0.5) is 22.7 Å². The predicted molar refractivity (Wildman–Crippen MR) is 294 cm³/mol. The minimum atomic E-state index is -0.326. The molecule has 366 valence electrons. The van der Waals surface area contributed by atoms with Gasteiger partial charge >= 0.3 is 0 Å². The molecule has 0 saturated heterocycles. The Morgan fingerprint density at radius 2 is 0.784 bits per heavy atom. The highest BCUT2D eigenvalue weighted by Gasteiger charge is 2.53. The monoisotopic (exact) mass is 970 g/mol. The van der Waals surface area contributed by atoms with E-state index < -0.39 is 0 Å². The summed E-state index contributed by atoms with van der Waals surface area (Å²) in [5.74, 6) is 0.168. The van der Waals surface area contributed by atoms with E-state index in [-0.39, 0.29) is 44.7 Å². The third kappa shape index (κ3) is 5.64. The van der Waals surface area contributed by atoms with E-state index in [1.807, 2.05) is 12.1 Å². The number of anilines is 2. The molecule has 8 nitrogen and oxygen atoms in total. The molecule has 4 atom stereocenters. The first-order chi connectivity index (χ1) is 35.8. The first-order valence-electron chi connectivity index (χ1n) is 27.0. The summed E-state index contributed by atoms with van der Waals surface area (Å²) in [7, 11) is 0. The number of ketones is 2. The molecule has 10 aliphatic rings. The van der Waals surface area contributed by atoms with E-state index in [1.54, 1.807) is 0 Å². The molecule has 4 unspecified atom stereocenters. The maximum absolute atomic E-state index is 14.4. The highest BCUT2D eigenvalue weighted by Crippen LogP contribution is 2.59. The van der Waals surface area contributed by atoms with E-state index in [2.05, 4.69) is 135 Å². The molecular weight excluding hydrogens is 913 g/mol. The standard InChI is InChI=1S/C66H58N4O4/c1-63-29-9-13-39(59(63)67-47-19-7-5-17-43(47)63)51-55(71)53(56(51)72)41-15-11-31-65(3)45-33-37(25-27-49(45)69-61(41)65)35-21-23-36(24-22-35)38-26-28-50-46(34-38)66(4)32-12-16-42(62(66)70-50)54-57(73)52(58(54)74)40-14-10-30-64(2)44-18-6-8-20-48(44)68-60(40)64/h5-8,17-28,33-34,69-71,73H,9-16,29-32H2,1-4H3. The average molecular weight is 971 g/mol. The van der Waals surface area contributed by atoms with Crippen molar-refractivity contribution < 1.29 is 19.8 Å². The van der Waals surface area contributed by atoms with Gasteiger partial charge in [-0.2, -0.15) is 0 Å². The second-order valence-electron chi connectivity index (χ2n) is 23.6. The largest absolute Gasteiger partial charge is 0.506 e. The van der Waals surface area contributed by atoms with Crippen LogP contribution in [0, 0.1) is 0 Å². The Balaban J connectivity index is 0.705. The summed E-state index contributed by atoms with van der Waals surface area (Å²) in [5.41, 5.74) is 21.9. The van der Waals surface area contributed by atoms with Gasteiger partial charge in [0.25, 0.3) is 0 Å². The number of rotatable bonds is 4. The van der Waals surface area contributed by atoms with Crippen LogP contribution in [0.1, 0.15) is 127 Å². The van der Waals surface area contributed by atoms with Crippen LogP contribution in [-0.4, -0.2) is 33.2 Å². The third-order valence-electron chi connectivity index (χ3n) is 19.6. The number of carbonyl (C=O) groups is 2. The maximum Gasteiger partial charge on any atom is 0.201 e. The van der Waals surface area contributed by atoms with Gasteiger partial charge in [0.2, 0.25) is 11.6 Å². The zero-order valence-electron chi connectivity index (χ0n) is 42.5. The number of hydrogen-bond acceptors (Lipinski definition) is 8. The number of nitrogens with zero attached hydrogens (tertiary/aromatic N) is 2. The van der Waals surface area contributed by atoms with Crippen LogP contribution in [-0.2, 0) is 31.2 Å². The van der Waals surface area contributed by atoms with Crippen LogP contribution >= 0.6 is 0 Å². The van der Waals surface area contributed by atoms with Crippen LogP contribution in [0.5, 0.6) is 0 Å². The Kier molecular flexibility index (Phi) is 8.92. The van der Waals surface area contributed by atoms with E-state index in [0.29, 0.717) is 22.3 Å². The van der Waals surface area contributed by atoms with Crippen molar-refractivity contribution in [3.05, 3.63) is 199 Å². The van der Waals surface area contributed by atoms with E-state index in [0.717, 1.165) is 167 Å². The highest BCUT2D eigenvalue weighted by atomic mass is 16.3. The van der Waals surface area contributed by atoms with E-state index in [1.165, 1.54) is 22.3 Å². The van der Waals surface area contributed by atoms with Gasteiger partial charge in [-0.1, -0.05) is 72.8 Å². The lowest BCUT2D eigenvalue weighted by Crippen LogP contribution is -2.38. The van der Waals surface area contributed by atoms with Gasteiger partial charge in [-0.25, -0.2) is 0 Å². The molecule has 2 fully saturated rings. The topological polar surface area (TPSA) is 123 Å². The van der Waals surface area contributed by atoms with Gasteiger partial charge in [-0.05, 0) is 208 Å². The minimum absolute atomic E-state index is 0.0518. The molecule has 5 aromatic carbocycles. The molecule has 5 aromatic rings. The maximum atomic E-state index is 14.4. The van der Waals surface area contributed by atoms with Crippen LogP contribution in [0.2, 0.25) is 0 Å². The van der Waals surface area contributed by atoms with Gasteiger partial charge in [0, 0.05) is 44.4 Å². The minimum Gasteiger partial charge on any atom is -0.506 e. The molecule has 0 radical (unpaired) electrons. The molecule has 0 amide bonds. The highest BCUT2D eigenvalue weighted by molar-refractivity contribution is 6.29. The fourth-order valence-electron chi connectivity index (χ4n) is 15.6. The molecule has 74 heavy (non-hydrogen) atoms. The van der Waals surface area contributed by atoms with Crippen molar-refractivity contribution in [1.29, 1.82) is 0 Å². The van der Waals surface area contributed by atoms with Gasteiger partial charge in [-0.3, -0.25) is 19.6 Å². The lowest BCUT2D eigenvalue weighted by molar-refractivity contribution is -0.114. The Hall–Kier alpha value is -7.58. The Labute approximate surface area is 431 Å². The molecule has 15 rings (SSSR count). The number of hydrogen-bond donors (Lipinski definition) is 4. The molecule has 2 saturated carbocycles. The number of para-hydroxylation sites is 2. The molecule has 0 spiro atoms. The van der Waals surface area contributed by atoms with Crippen molar-refractivity contribution >= 4 is 45.7 Å². The molecule has 4 aliphatic heterocycles. The van der Waals surface area contributed by atoms with E-state index in [9.17, 15) is 19.8 Å². The lowest BCUT2D eigenvalue weighted by Gasteiger charge is -2.38. The van der Waals surface area contributed by atoms with Gasteiger partial charge in [0.1, 0.15) is 11.5 Å².